The number of aryl methyl sites for hydroxylation is 1. The van der Waals surface area contributed by atoms with Crippen molar-refractivity contribution in [2.45, 2.75) is 20.4 Å². The Kier molecular flexibility index (Phi) is 3.54. The van der Waals surface area contributed by atoms with Crippen LogP contribution in [0.3, 0.4) is 0 Å². The third kappa shape index (κ3) is 2.59. The van der Waals surface area contributed by atoms with E-state index < -0.39 is 0 Å². The zero-order valence-electron chi connectivity index (χ0n) is 10.8. The van der Waals surface area contributed by atoms with E-state index in [1.54, 1.807) is 12.3 Å². The van der Waals surface area contributed by atoms with Crippen molar-refractivity contribution in [3.05, 3.63) is 52.7 Å². The van der Waals surface area contributed by atoms with Crippen LogP contribution in [0.1, 0.15) is 22.7 Å². The highest BCUT2D eigenvalue weighted by molar-refractivity contribution is 5.64. The topological polar surface area (TPSA) is 65.7 Å². The van der Waals surface area contributed by atoms with Crippen LogP contribution in [0.15, 0.2) is 34.5 Å². The van der Waals surface area contributed by atoms with E-state index in [-0.39, 0.29) is 5.57 Å². The zero-order chi connectivity index (χ0) is 13.8. The molecule has 2 aromatic heterocycles. The molecule has 0 unspecified atom stereocenters. The summed E-state index contributed by atoms with van der Waals surface area (Å²) in [5.74, 6) is 0.873. The lowest BCUT2D eigenvalue weighted by atomic mass is 10.2. The Balaban J connectivity index is 2.38. The largest absolute Gasteiger partial charge is 0.467 e. The van der Waals surface area contributed by atoms with Gasteiger partial charge in [0.15, 0.2) is 0 Å². The molecule has 2 aromatic rings. The fourth-order valence-electron chi connectivity index (χ4n) is 2.02. The van der Waals surface area contributed by atoms with E-state index >= 15 is 0 Å². The third-order valence-corrected chi connectivity index (χ3v) is 3.05. The van der Waals surface area contributed by atoms with Gasteiger partial charge in [-0.1, -0.05) is 0 Å². The van der Waals surface area contributed by atoms with E-state index in [1.165, 1.54) is 0 Å². The van der Waals surface area contributed by atoms with Crippen LogP contribution in [0.4, 0.5) is 0 Å². The number of furan rings is 1. The molecule has 0 N–H and O–H groups in total. The normalized spacial score (nSPS) is 9.68. The minimum absolute atomic E-state index is 0.109. The standard InChI is InChI=1S/C15H13N3O/c1-11-6-14(7-13(8-16)9-17)12(2)18(11)10-15-4-3-5-19-15/h3-7H,10H2,1-2H3. The van der Waals surface area contributed by atoms with Crippen LogP contribution in [0, 0.1) is 36.5 Å². The molecule has 19 heavy (non-hydrogen) atoms. The quantitative estimate of drug-likeness (QED) is 0.787. The molecule has 0 saturated carbocycles. The lowest BCUT2D eigenvalue weighted by Crippen LogP contribution is -2.02. The molecular weight excluding hydrogens is 238 g/mol. The highest BCUT2D eigenvalue weighted by Crippen LogP contribution is 2.19. The van der Waals surface area contributed by atoms with E-state index in [2.05, 4.69) is 4.57 Å². The molecule has 0 saturated heterocycles. The number of nitriles is 2. The average molecular weight is 251 g/mol. The second-order valence-corrected chi connectivity index (χ2v) is 4.27. The number of hydrogen-bond donors (Lipinski definition) is 0. The molecule has 0 aromatic carbocycles. The Bertz CT molecular complexity index is 675. The lowest BCUT2D eigenvalue weighted by molar-refractivity contribution is 0.489. The van der Waals surface area contributed by atoms with E-state index in [9.17, 15) is 0 Å². The summed E-state index contributed by atoms with van der Waals surface area (Å²) in [6.45, 7) is 4.60. The van der Waals surface area contributed by atoms with E-state index in [1.807, 2.05) is 44.2 Å². The molecule has 4 nitrogen and oxygen atoms in total. The van der Waals surface area contributed by atoms with Gasteiger partial charge in [-0.05, 0) is 43.7 Å². The molecule has 4 heteroatoms. The Labute approximate surface area is 111 Å². The summed E-state index contributed by atoms with van der Waals surface area (Å²) in [6.07, 6.45) is 3.26. The molecule has 0 amide bonds. The summed E-state index contributed by atoms with van der Waals surface area (Å²) < 4.78 is 7.43. The van der Waals surface area contributed by atoms with Crippen LogP contribution in [0.5, 0.6) is 0 Å². The highest BCUT2D eigenvalue weighted by Gasteiger charge is 2.09. The second kappa shape index (κ2) is 5.29. The predicted molar refractivity (Wildman–Crippen MR) is 70.9 cm³/mol. The number of allylic oxidation sites excluding steroid dienone is 1. The summed E-state index contributed by atoms with van der Waals surface area (Å²) in [4.78, 5) is 0. The van der Waals surface area contributed by atoms with Crippen molar-refractivity contribution in [2.24, 2.45) is 0 Å². The van der Waals surface area contributed by atoms with Gasteiger partial charge in [-0.15, -0.1) is 0 Å². The van der Waals surface area contributed by atoms with Gasteiger partial charge < -0.3 is 8.98 Å². The van der Waals surface area contributed by atoms with Gasteiger partial charge in [-0.2, -0.15) is 10.5 Å². The van der Waals surface area contributed by atoms with Crippen LogP contribution in [0.2, 0.25) is 0 Å². The Morgan fingerprint density at radius 3 is 2.68 bits per heavy atom. The molecule has 0 radical (unpaired) electrons. The third-order valence-electron chi connectivity index (χ3n) is 3.05. The summed E-state index contributed by atoms with van der Waals surface area (Å²) in [5.41, 5.74) is 3.08. The lowest BCUT2D eigenvalue weighted by Gasteiger charge is -2.07. The zero-order valence-corrected chi connectivity index (χ0v) is 10.8. The SMILES string of the molecule is Cc1cc(C=C(C#N)C#N)c(C)n1Cc1ccco1. The maximum atomic E-state index is 8.80. The monoisotopic (exact) mass is 251 g/mol. The molecule has 0 spiro atoms. The predicted octanol–water partition coefficient (Wildman–Crippen LogP) is 3.18. The van der Waals surface area contributed by atoms with Gasteiger partial charge in [-0.25, -0.2) is 0 Å². The first-order valence-corrected chi connectivity index (χ1v) is 5.86. The number of rotatable bonds is 3. The van der Waals surface area contributed by atoms with Gasteiger partial charge in [0, 0.05) is 11.4 Å². The van der Waals surface area contributed by atoms with Crippen molar-refractivity contribution in [2.75, 3.05) is 0 Å². The first-order chi connectivity index (χ1) is 9.15. The molecule has 2 heterocycles. The summed E-state index contributed by atoms with van der Waals surface area (Å²) in [5, 5.41) is 17.6. The van der Waals surface area contributed by atoms with Crippen LogP contribution < -0.4 is 0 Å². The first kappa shape index (κ1) is 12.7. The van der Waals surface area contributed by atoms with Crippen molar-refractivity contribution >= 4 is 6.08 Å². The highest BCUT2D eigenvalue weighted by atomic mass is 16.3. The maximum Gasteiger partial charge on any atom is 0.130 e. The molecule has 0 atom stereocenters. The summed E-state index contributed by atoms with van der Waals surface area (Å²) in [6, 6.07) is 9.49. The minimum Gasteiger partial charge on any atom is -0.467 e. The van der Waals surface area contributed by atoms with Gasteiger partial charge >= 0.3 is 0 Å². The number of hydrogen-bond acceptors (Lipinski definition) is 3. The van der Waals surface area contributed by atoms with Crippen LogP contribution in [0.25, 0.3) is 6.08 Å². The molecule has 0 aliphatic heterocycles. The summed E-state index contributed by atoms with van der Waals surface area (Å²) >= 11 is 0. The van der Waals surface area contributed by atoms with Gasteiger partial charge in [0.1, 0.15) is 23.5 Å². The smallest absolute Gasteiger partial charge is 0.130 e. The molecule has 0 aliphatic carbocycles. The van der Waals surface area contributed by atoms with Crippen LogP contribution >= 0.6 is 0 Å². The Morgan fingerprint density at radius 1 is 1.37 bits per heavy atom. The van der Waals surface area contributed by atoms with Crippen molar-refractivity contribution in [1.29, 1.82) is 10.5 Å². The molecule has 0 fully saturated rings. The molecule has 0 bridgehead atoms. The van der Waals surface area contributed by atoms with E-state index in [4.69, 9.17) is 14.9 Å². The van der Waals surface area contributed by atoms with Crippen molar-refractivity contribution in [1.82, 2.24) is 4.57 Å². The second-order valence-electron chi connectivity index (χ2n) is 4.27. The maximum absolute atomic E-state index is 8.80. The van der Waals surface area contributed by atoms with Gasteiger partial charge in [0.05, 0.1) is 12.8 Å². The van der Waals surface area contributed by atoms with Crippen molar-refractivity contribution in [3.8, 4) is 12.1 Å². The van der Waals surface area contributed by atoms with Gasteiger partial charge in [0.25, 0.3) is 0 Å². The molecule has 2 rings (SSSR count). The van der Waals surface area contributed by atoms with Crippen LogP contribution in [-0.2, 0) is 6.54 Å². The number of aromatic nitrogens is 1. The van der Waals surface area contributed by atoms with Crippen molar-refractivity contribution < 1.29 is 4.42 Å². The van der Waals surface area contributed by atoms with Gasteiger partial charge in [-0.3, -0.25) is 0 Å². The van der Waals surface area contributed by atoms with E-state index in [0.29, 0.717) is 6.54 Å². The van der Waals surface area contributed by atoms with Crippen LogP contribution in [-0.4, -0.2) is 4.57 Å². The fourth-order valence-corrected chi connectivity index (χ4v) is 2.02. The summed E-state index contributed by atoms with van der Waals surface area (Å²) in [7, 11) is 0. The first-order valence-electron chi connectivity index (χ1n) is 5.86. The Morgan fingerprint density at radius 2 is 2.11 bits per heavy atom. The van der Waals surface area contributed by atoms with Crippen molar-refractivity contribution in [3.63, 3.8) is 0 Å². The average Bonchev–Trinajstić information content (AvgIpc) is 3.00. The number of nitrogens with zero attached hydrogens (tertiary/aromatic N) is 3. The Hall–Kier alpha value is -2.72. The van der Waals surface area contributed by atoms with Gasteiger partial charge in [0.2, 0.25) is 0 Å². The minimum atomic E-state index is 0.109. The molecular formula is C15H13N3O. The van der Waals surface area contributed by atoms with E-state index in [0.717, 1.165) is 22.7 Å². The fraction of sp³-hybridized carbons (Fsp3) is 0.200. The molecule has 94 valence electrons. The molecule has 0 aliphatic rings.